The molecule has 186 valence electrons. The van der Waals surface area contributed by atoms with Crippen LogP contribution in [-0.4, -0.2) is 27.3 Å². The standard InChI is InChI=1S/C28H23N3O5S/c32-28(30-29-18-22-15-16-26-27(17-22)36-20-35-26)24-13-7-8-14-25(24)31(19-21-9-3-1-4-10-21)37(33,34)23-11-5-2-6-12-23/h1-18H,19-20H2,(H,30,32)/b29-18+. The Morgan fingerprint density at radius 2 is 1.54 bits per heavy atom. The second-order valence-corrected chi connectivity index (χ2v) is 10.0. The molecule has 5 rings (SSSR count). The summed E-state index contributed by atoms with van der Waals surface area (Å²) in [6.45, 7) is 0.206. The van der Waals surface area contributed by atoms with Gasteiger partial charge in [-0.25, -0.2) is 13.8 Å². The molecule has 0 saturated carbocycles. The first-order valence-electron chi connectivity index (χ1n) is 11.5. The largest absolute Gasteiger partial charge is 0.454 e. The molecule has 1 aliphatic heterocycles. The van der Waals surface area contributed by atoms with Crippen molar-refractivity contribution < 1.29 is 22.7 Å². The van der Waals surface area contributed by atoms with E-state index < -0.39 is 15.9 Å². The fourth-order valence-electron chi connectivity index (χ4n) is 3.87. The molecule has 9 heteroatoms. The number of anilines is 1. The fourth-order valence-corrected chi connectivity index (χ4v) is 5.36. The summed E-state index contributed by atoms with van der Waals surface area (Å²) in [5.41, 5.74) is 4.39. The Hall–Kier alpha value is -4.63. The molecule has 8 nitrogen and oxygen atoms in total. The summed E-state index contributed by atoms with van der Waals surface area (Å²) in [5, 5.41) is 4.06. The predicted octanol–water partition coefficient (Wildman–Crippen LogP) is 4.57. The zero-order valence-corrected chi connectivity index (χ0v) is 20.5. The smallest absolute Gasteiger partial charge is 0.273 e. The van der Waals surface area contributed by atoms with Crippen LogP contribution in [0.4, 0.5) is 5.69 Å². The van der Waals surface area contributed by atoms with Gasteiger partial charge < -0.3 is 9.47 Å². The van der Waals surface area contributed by atoms with E-state index in [4.69, 9.17) is 9.47 Å². The second kappa shape index (κ2) is 10.5. The van der Waals surface area contributed by atoms with Gasteiger partial charge in [-0.15, -0.1) is 0 Å². The molecule has 1 amide bonds. The molecule has 0 atom stereocenters. The van der Waals surface area contributed by atoms with Crippen molar-refractivity contribution in [1.29, 1.82) is 0 Å². The third kappa shape index (κ3) is 5.31. The van der Waals surface area contributed by atoms with Gasteiger partial charge >= 0.3 is 0 Å². The molecule has 1 N–H and O–H groups in total. The molecule has 1 heterocycles. The van der Waals surface area contributed by atoms with Gasteiger partial charge in [0, 0.05) is 0 Å². The summed E-state index contributed by atoms with van der Waals surface area (Å²) in [7, 11) is -3.99. The average Bonchev–Trinajstić information content (AvgIpc) is 3.41. The van der Waals surface area contributed by atoms with Crippen molar-refractivity contribution >= 4 is 27.8 Å². The van der Waals surface area contributed by atoms with Gasteiger partial charge in [0.1, 0.15) is 0 Å². The molecule has 0 aromatic heterocycles. The Kier molecular flexibility index (Phi) is 6.87. The van der Waals surface area contributed by atoms with E-state index in [0.717, 1.165) is 5.56 Å². The SMILES string of the molecule is O=C(N/N=C/c1ccc2c(c1)OCO2)c1ccccc1N(Cc1ccccc1)S(=O)(=O)c1ccccc1. The van der Waals surface area contributed by atoms with Crippen molar-refractivity contribution in [2.24, 2.45) is 5.10 Å². The van der Waals surface area contributed by atoms with Crippen LogP contribution in [0, 0.1) is 0 Å². The Morgan fingerprint density at radius 3 is 2.32 bits per heavy atom. The Labute approximate surface area is 214 Å². The third-order valence-corrected chi connectivity index (χ3v) is 7.47. The summed E-state index contributed by atoms with van der Waals surface area (Å²) in [6.07, 6.45) is 1.48. The van der Waals surface area contributed by atoms with Crippen LogP contribution in [0.25, 0.3) is 0 Å². The molecule has 4 aromatic rings. The number of nitrogens with one attached hydrogen (secondary N) is 1. The van der Waals surface area contributed by atoms with Crippen LogP contribution < -0.4 is 19.2 Å². The highest BCUT2D eigenvalue weighted by Gasteiger charge is 2.28. The van der Waals surface area contributed by atoms with Crippen molar-refractivity contribution in [3.05, 3.63) is 120 Å². The lowest BCUT2D eigenvalue weighted by Gasteiger charge is -2.26. The van der Waals surface area contributed by atoms with Gasteiger partial charge in [0.25, 0.3) is 15.9 Å². The lowest BCUT2D eigenvalue weighted by molar-refractivity contribution is 0.0955. The van der Waals surface area contributed by atoms with Crippen LogP contribution in [0.2, 0.25) is 0 Å². The van der Waals surface area contributed by atoms with Crippen LogP contribution in [0.3, 0.4) is 0 Å². The minimum absolute atomic E-state index is 0.0445. The molecule has 0 spiro atoms. The highest BCUT2D eigenvalue weighted by atomic mass is 32.2. The monoisotopic (exact) mass is 513 g/mol. The number of hydrazone groups is 1. The van der Waals surface area contributed by atoms with E-state index >= 15 is 0 Å². The number of hydrogen-bond donors (Lipinski definition) is 1. The van der Waals surface area contributed by atoms with Crippen molar-refractivity contribution in [3.63, 3.8) is 0 Å². The second-order valence-electron chi connectivity index (χ2n) is 8.14. The van der Waals surface area contributed by atoms with Gasteiger partial charge in [0.2, 0.25) is 6.79 Å². The zero-order chi connectivity index (χ0) is 25.7. The number of carbonyl (C=O) groups is 1. The van der Waals surface area contributed by atoms with Crippen LogP contribution >= 0.6 is 0 Å². The number of hydrogen-bond acceptors (Lipinski definition) is 6. The quantitative estimate of drug-likeness (QED) is 0.275. The number of ether oxygens (including phenoxy) is 2. The molecule has 0 bridgehead atoms. The van der Waals surface area contributed by atoms with Crippen LogP contribution in [-0.2, 0) is 16.6 Å². The van der Waals surface area contributed by atoms with Crippen molar-refractivity contribution in [1.82, 2.24) is 5.43 Å². The number of para-hydroxylation sites is 1. The molecule has 0 unspecified atom stereocenters. The molecule has 0 aliphatic carbocycles. The molecular weight excluding hydrogens is 490 g/mol. The van der Waals surface area contributed by atoms with Crippen LogP contribution in [0.5, 0.6) is 11.5 Å². The molecule has 1 aliphatic rings. The number of amides is 1. The lowest BCUT2D eigenvalue weighted by atomic mass is 10.1. The fraction of sp³-hybridized carbons (Fsp3) is 0.0714. The van der Waals surface area contributed by atoms with E-state index in [9.17, 15) is 13.2 Å². The van der Waals surface area contributed by atoms with Gasteiger partial charge in [-0.1, -0.05) is 60.7 Å². The highest BCUT2D eigenvalue weighted by Crippen LogP contribution is 2.32. The van der Waals surface area contributed by atoms with Crippen LogP contribution in [0.15, 0.2) is 113 Å². The van der Waals surface area contributed by atoms with Crippen molar-refractivity contribution in [2.75, 3.05) is 11.1 Å². The van der Waals surface area contributed by atoms with E-state index in [0.29, 0.717) is 17.1 Å². The predicted molar refractivity (Wildman–Crippen MR) is 140 cm³/mol. The minimum Gasteiger partial charge on any atom is -0.454 e. The highest BCUT2D eigenvalue weighted by molar-refractivity contribution is 7.92. The first kappa shape index (κ1) is 24.1. The maximum Gasteiger partial charge on any atom is 0.273 e. The van der Waals surface area contributed by atoms with Gasteiger partial charge in [0.15, 0.2) is 11.5 Å². The van der Waals surface area contributed by atoms with Gasteiger partial charge in [-0.05, 0) is 53.6 Å². The molecule has 4 aromatic carbocycles. The Bertz CT molecular complexity index is 1540. The summed E-state index contributed by atoms with van der Waals surface area (Å²) in [4.78, 5) is 13.3. The Morgan fingerprint density at radius 1 is 0.865 bits per heavy atom. The zero-order valence-electron chi connectivity index (χ0n) is 19.7. The molecule has 37 heavy (non-hydrogen) atoms. The normalized spacial score (nSPS) is 12.4. The lowest BCUT2D eigenvalue weighted by Crippen LogP contribution is -2.33. The van der Waals surface area contributed by atoms with E-state index in [1.54, 1.807) is 60.7 Å². The van der Waals surface area contributed by atoms with Gasteiger partial charge in [-0.3, -0.25) is 9.10 Å². The van der Waals surface area contributed by atoms with E-state index in [1.807, 2.05) is 30.3 Å². The number of carbonyl (C=O) groups excluding carboxylic acids is 1. The van der Waals surface area contributed by atoms with Crippen LogP contribution in [0.1, 0.15) is 21.5 Å². The summed E-state index contributed by atoms with van der Waals surface area (Å²) < 4.78 is 39.4. The molecule has 0 radical (unpaired) electrons. The summed E-state index contributed by atoms with van der Waals surface area (Å²) in [6, 6.07) is 29.2. The Balaban J connectivity index is 1.45. The third-order valence-electron chi connectivity index (χ3n) is 5.69. The van der Waals surface area contributed by atoms with E-state index in [-0.39, 0.29) is 29.5 Å². The molecular formula is C28H23N3O5S. The van der Waals surface area contributed by atoms with Crippen molar-refractivity contribution in [3.8, 4) is 11.5 Å². The van der Waals surface area contributed by atoms with Crippen molar-refractivity contribution in [2.45, 2.75) is 11.4 Å². The van der Waals surface area contributed by atoms with Gasteiger partial charge in [0.05, 0.1) is 28.9 Å². The molecule has 0 fully saturated rings. The minimum atomic E-state index is -3.99. The number of fused-ring (bicyclic) bond motifs is 1. The number of benzene rings is 4. The summed E-state index contributed by atoms with van der Waals surface area (Å²) >= 11 is 0. The topological polar surface area (TPSA) is 97.3 Å². The first-order valence-corrected chi connectivity index (χ1v) is 12.9. The average molecular weight is 514 g/mol. The number of rotatable bonds is 8. The van der Waals surface area contributed by atoms with Gasteiger partial charge in [-0.2, -0.15) is 5.10 Å². The maximum absolute atomic E-state index is 13.7. The number of sulfonamides is 1. The van der Waals surface area contributed by atoms with E-state index in [1.165, 1.54) is 22.7 Å². The first-order chi connectivity index (χ1) is 18.0. The number of nitrogens with zero attached hydrogens (tertiary/aromatic N) is 2. The maximum atomic E-state index is 13.7. The summed E-state index contributed by atoms with van der Waals surface area (Å²) in [5.74, 6) is 0.699. The molecule has 0 saturated heterocycles. The van der Waals surface area contributed by atoms with E-state index in [2.05, 4.69) is 10.5 Å².